The van der Waals surface area contributed by atoms with Gasteiger partial charge in [0.2, 0.25) is 0 Å². The molecule has 0 spiro atoms. The van der Waals surface area contributed by atoms with E-state index in [0.29, 0.717) is 29.8 Å². The second-order valence-electron chi connectivity index (χ2n) is 9.31. The molecule has 3 aromatic rings. The van der Waals surface area contributed by atoms with Gasteiger partial charge in [-0.25, -0.2) is 4.98 Å². The monoisotopic (exact) mass is 429 g/mol. The fraction of sp³-hybridized carbons (Fsp3) is 0.400. The molecular formula is C25H28BN3O3. The fourth-order valence-electron chi connectivity index (χ4n) is 5.37. The van der Waals surface area contributed by atoms with Crippen LogP contribution in [0.25, 0.3) is 22.3 Å². The Morgan fingerprint density at radius 1 is 1.22 bits per heavy atom. The molecule has 3 heterocycles. The summed E-state index contributed by atoms with van der Waals surface area (Å²) in [5, 5.41) is 12.3. The van der Waals surface area contributed by atoms with E-state index in [1.54, 1.807) is 11.5 Å². The lowest BCUT2D eigenvalue weighted by atomic mass is 9.77. The van der Waals surface area contributed by atoms with Crippen LogP contribution >= 0.6 is 0 Å². The van der Waals surface area contributed by atoms with Crippen LogP contribution in [0.2, 0.25) is 0 Å². The average molecular weight is 429 g/mol. The van der Waals surface area contributed by atoms with E-state index in [4.69, 9.17) is 4.98 Å². The largest absolute Gasteiger partial charge is 0.377 e. The minimum Gasteiger partial charge on any atom is -0.377 e. The van der Waals surface area contributed by atoms with Crippen LogP contribution in [-0.4, -0.2) is 47.3 Å². The van der Waals surface area contributed by atoms with Crippen molar-refractivity contribution in [3.05, 3.63) is 62.4 Å². The van der Waals surface area contributed by atoms with Gasteiger partial charge < -0.3 is 14.6 Å². The zero-order valence-corrected chi connectivity index (χ0v) is 19.2. The molecule has 2 aliphatic rings. The molecule has 2 aromatic heterocycles. The van der Waals surface area contributed by atoms with Crippen molar-refractivity contribution in [3.8, 4) is 11.4 Å². The molecule has 1 N–H and O–H groups in total. The maximum atomic E-state index is 13.4. The highest BCUT2D eigenvalue weighted by molar-refractivity contribution is 6.08. The van der Waals surface area contributed by atoms with Gasteiger partial charge in [0.25, 0.3) is 5.56 Å². The first-order valence-electron chi connectivity index (χ1n) is 11.4. The number of rotatable bonds is 4. The first-order valence-corrected chi connectivity index (χ1v) is 11.4. The van der Waals surface area contributed by atoms with Gasteiger partial charge in [-0.3, -0.25) is 9.59 Å². The number of fused-ring (bicyclic) bond motifs is 5. The summed E-state index contributed by atoms with van der Waals surface area (Å²) in [5.74, 6) is -0.207. The summed E-state index contributed by atoms with van der Waals surface area (Å²) in [6.45, 7) is 3.08. The van der Waals surface area contributed by atoms with Gasteiger partial charge in [-0.2, -0.15) is 0 Å². The smallest absolute Gasteiger partial charge is 0.254 e. The van der Waals surface area contributed by atoms with Crippen molar-refractivity contribution >= 4 is 24.5 Å². The van der Waals surface area contributed by atoms with Crippen LogP contribution in [0.3, 0.4) is 0 Å². The van der Waals surface area contributed by atoms with E-state index in [-0.39, 0.29) is 24.2 Å². The summed E-state index contributed by atoms with van der Waals surface area (Å²) in [4.78, 5) is 33.1. The Labute approximate surface area is 188 Å². The maximum absolute atomic E-state index is 13.4. The lowest BCUT2D eigenvalue weighted by Crippen LogP contribution is -2.43. The Balaban J connectivity index is 1.74. The molecule has 7 heteroatoms. The van der Waals surface area contributed by atoms with Crippen LogP contribution in [0.15, 0.2) is 29.1 Å². The molecule has 0 saturated carbocycles. The molecule has 1 aliphatic heterocycles. The zero-order valence-electron chi connectivity index (χ0n) is 19.2. The van der Waals surface area contributed by atoms with E-state index in [1.165, 1.54) is 11.1 Å². The molecule has 1 aliphatic carbocycles. The van der Waals surface area contributed by atoms with Crippen LogP contribution in [0.5, 0.6) is 0 Å². The molecule has 5 rings (SSSR count). The molecule has 32 heavy (non-hydrogen) atoms. The van der Waals surface area contributed by atoms with Crippen LogP contribution in [-0.2, 0) is 36.2 Å². The van der Waals surface area contributed by atoms with E-state index in [1.807, 2.05) is 6.07 Å². The summed E-state index contributed by atoms with van der Waals surface area (Å²) in [6.07, 6.45) is 1.79. The Bertz CT molecular complexity index is 1340. The second-order valence-corrected chi connectivity index (χ2v) is 9.31. The molecule has 0 saturated heterocycles. The highest BCUT2D eigenvalue weighted by Crippen LogP contribution is 2.39. The Morgan fingerprint density at radius 2 is 2.00 bits per heavy atom. The third kappa shape index (κ3) is 2.91. The first kappa shape index (κ1) is 21.1. The number of benzene rings is 1. The van der Waals surface area contributed by atoms with Crippen molar-refractivity contribution in [2.45, 2.75) is 51.2 Å². The number of carbonyl (C=O) groups excluding carboxylic acids is 1. The van der Waals surface area contributed by atoms with Crippen LogP contribution in [0.4, 0.5) is 0 Å². The molecule has 164 valence electrons. The summed E-state index contributed by atoms with van der Waals surface area (Å²) < 4.78 is 1.76. The quantitative estimate of drug-likeness (QED) is 0.501. The van der Waals surface area contributed by atoms with Gasteiger partial charge in [0.15, 0.2) is 5.78 Å². The minimum absolute atomic E-state index is 0.110. The molecule has 0 radical (unpaired) electrons. The molecule has 1 unspecified atom stereocenters. The van der Waals surface area contributed by atoms with Gasteiger partial charge >= 0.3 is 0 Å². The predicted octanol–water partition coefficient (Wildman–Crippen LogP) is 1.73. The SMILES string of the molecule is BCc1ccc2nc3c(cc2c1CN(C)C)Cn1c-3cc2c(c1=O)CCC(=O)C2(O)CC. The van der Waals surface area contributed by atoms with Crippen molar-refractivity contribution in [2.75, 3.05) is 14.1 Å². The van der Waals surface area contributed by atoms with Crippen molar-refractivity contribution in [2.24, 2.45) is 0 Å². The van der Waals surface area contributed by atoms with Crippen LogP contribution in [0.1, 0.15) is 47.6 Å². The summed E-state index contributed by atoms with van der Waals surface area (Å²) in [5.41, 5.74) is 5.30. The molecule has 1 aromatic carbocycles. The van der Waals surface area contributed by atoms with Crippen molar-refractivity contribution < 1.29 is 9.90 Å². The number of ketones is 1. The number of aromatic nitrogens is 2. The molecule has 6 nitrogen and oxygen atoms in total. The van der Waals surface area contributed by atoms with E-state index >= 15 is 0 Å². The van der Waals surface area contributed by atoms with E-state index in [0.717, 1.165) is 35.0 Å². The van der Waals surface area contributed by atoms with Crippen LogP contribution < -0.4 is 5.56 Å². The average Bonchev–Trinajstić information content (AvgIpc) is 3.13. The Kier molecular flexibility index (Phi) is 4.87. The van der Waals surface area contributed by atoms with E-state index in [9.17, 15) is 14.7 Å². The van der Waals surface area contributed by atoms with Crippen LogP contribution in [0, 0.1) is 0 Å². The first-order chi connectivity index (χ1) is 15.3. The van der Waals surface area contributed by atoms with Gasteiger partial charge in [0, 0.05) is 35.0 Å². The zero-order chi connectivity index (χ0) is 22.8. The maximum Gasteiger partial charge on any atom is 0.254 e. The lowest BCUT2D eigenvalue weighted by molar-refractivity contribution is -0.140. The number of carbonyl (C=O) groups is 1. The van der Waals surface area contributed by atoms with Gasteiger partial charge in [-0.15, -0.1) is 0 Å². The number of nitrogens with zero attached hydrogens (tertiary/aromatic N) is 3. The van der Waals surface area contributed by atoms with Crippen molar-refractivity contribution in [3.63, 3.8) is 0 Å². The standard InChI is InChI=1S/C25H28BN3O3/c1-4-25(32)19-10-21-23-15(12-29(21)24(31)16(19)6-8-22(25)30)9-17-18(13-28(2)3)14(11-26)5-7-20(17)27-23/h5,7,9-10,32H,4,6,8,11-13,26H2,1-3H3. The molecule has 0 fully saturated rings. The van der Waals surface area contributed by atoms with Crippen molar-refractivity contribution in [1.29, 1.82) is 0 Å². The third-order valence-corrected chi connectivity index (χ3v) is 7.13. The lowest BCUT2D eigenvalue weighted by Gasteiger charge is -2.32. The molecule has 1 atom stereocenters. The second kappa shape index (κ2) is 7.39. The number of aliphatic hydroxyl groups is 1. The van der Waals surface area contributed by atoms with Gasteiger partial charge in [-0.05, 0) is 50.7 Å². The topological polar surface area (TPSA) is 75.4 Å². The highest BCUT2D eigenvalue weighted by Gasteiger charge is 2.43. The van der Waals surface area contributed by atoms with Gasteiger partial charge in [0.1, 0.15) is 13.4 Å². The van der Waals surface area contributed by atoms with Crippen molar-refractivity contribution in [1.82, 2.24) is 14.5 Å². The van der Waals surface area contributed by atoms with E-state index < -0.39 is 5.60 Å². The fourth-order valence-corrected chi connectivity index (χ4v) is 5.37. The predicted molar refractivity (Wildman–Crippen MR) is 128 cm³/mol. The Morgan fingerprint density at radius 3 is 2.69 bits per heavy atom. The number of hydrogen-bond donors (Lipinski definition) is 1. The molecule has 0 amide bonds. The number of pyridine rings is 2. The highest BCUT2D eigenvalue weighted by atomic mass is 16.3. The van der Waals surface area contributed by atoms with Gasteiger partial charge in [-0.1, -0.05) is 24.9 Å². The summed E-state index contributed by atoms with van der Waals surface area (Å²) in [6, 6.07) is 8.21. The molecular weight excluding hydrogens is 401 g/mol. The summed E-state index contributed by atoms with van der Waals surface area (Å²) >= 11 is 0. The third-order valence-electron chi connectivity index (χ3n) is 7.13. The molecule has 0 bridgehead atoms. The Hall–Kier alpha value is -2.77. The summed E-state index contributed by atoms with van der Waals surface area (Å²) in [7, 11) is 6.29. The number of Topliss-reactive ketones (excluding diaryl/α,β-unsaturated/α-hetero) is 1. The minimum atomic E-state index is -1.59. The number of hydrogen-bond acceptors (Lipinski definition) is 5. The van der Waals surface area contributed by atoms with E-state index in [2.05, 4.69) is 45.0 Å². The normalized spacial score (nSPS) is 19.3. The van der Waals surface area contributed by atoms with Gasteiger partial charge in [0.05, 0.1) is 23.4 Å².